The van der Waals surface area contributed by atoms with E-state index in [4.69, 9.17) is 4.98 Å². The number of rotatable bonds is 6. The Bertz CT molecular complexity index is 943. The SMILES string of the molecule is CNc1ncccc1CN1CCC[C@@H]1c1cccc(Cc2ccccc2F)n1. The van der Waals surface area contributed by atoms with Crippen LogP contribution in [0, 0.1) is 5.82 Å². The molecule has 1 saturated heterocycles. The van der Waals surface area contributed by atoms with Crippen LogP contribution in [0.5, 0.6) is 0 Å². The molecule has 3 aromatic rings. The minimum absolute atomic E-state index is 0.173. The van der Waals surface area contributed by atoms with Crippen molar-refractivity contribution in [2.24, 2.45) is 0 Å². The molecular formula is C23H25FN4. The summed E-state index contributed by atoms with van der Waals surface area (Å²) < 4.78 is 14.0. The van der Waals surface area contributed by atoms with E-state index in [2.05, 4.69) is 27.3 Å². The van der Waals surface area contributed by atoms with Crippen molar-refractivity contribution in [1.82, 2.24) is 14.9 Å². The van der Waals surface area contributed by atoms with Gasteiger partial charge in [-0.1, -0.05) is 30.3 Å². The van der Waals surface area contributed by atoms with Gasteiger partial charge < -0.3 is 5.32 Å². The van der Waals surface area contributed by atoms with E-state index in [-0.39, 0.29) is 11.9 Å². The number of nitrogens with zero attached hydrogens (tertiary/aromatic N) is 3. The predicted molar refractivity (Wildman–Crippen MR) is 110 cm³/mol. The highest BCUT2D eigenvalue weighted by Crippen LogP contribution is 2.33. The van der Waals surface area contributed by atoms with Crippen molar-refractivity contribution in [3.63, 3.8) is 0 Å². The second-order valence-corrected chi connectivity index (χ2v) is 7.21. The predicted octanol–water partition coefficient (Wildman–Crippen LogP) is 4.59. The summed E-state index contributed by atoms with van der Waals surface area (Å²) in [5.41, 5.74) is 3.86. The Hall–Kier alpha value is -2.79. The quantitative estimate of drug-likeness (QED) is 0.683. The monoisotopic (exact) mass is 376 g/mol. The zero-order valence-electron chi connectivity index (χ0n) is 16.1. The molecule has 0 unspecified atom stereocenters. The summed E-state index contributed by atoms with van der Waals surface area (Å²) in [6, 6.07) is 17.4. The summed E-state index contributed by atoms with van der Waals surface area (Å²) in [6.07, 6.45) is 4.56. The molecule has 5 heteroatoms. The zero-order chi connectivity index (χ0) is 19.3. The van der Waals surface area contributed by atoms with Crippen LogP contribution in [0.4, 0.5) is 10.2 Å². The summed E-state index contributed by atoms with van der Waals surface area (Å²) in [7, 11) is 1.90. The number of nitrogens with one attached hydrogen (secondary N) is 1. The van der Waals surface area contributed by atoms with Crippen LogP contribution in [0.2, 0.25) is 0 Å². The van der Waals surface area contributed by atoms with Crippen molar-refractivity contribution in [3.8, 4) is 0 Å². The van der Waals surface area contributed by atoms with Crippen LogP contribution >= 0.6 is 0 Å². The van der Waals surface area contributed by atoms with Gasteiger partial charge in [-0.2, -0.15) is 0 Å². The average Bonchev–Trinajstić information content (AvgIpc) is 3.19. The first-order valence-corrected chi connectivity index (χ1v) is 9.79. The van der Waals surface area contributed by atoms with Crippen molar-refractivity contribution in [2.45, 2.75) is 31.8 Å². The van der Waals surface area contributed by atoms with Crippen LogP contribution in [0.15, 0.2) is 60.8 Å². The first kappa shape index (κ1) is 18.6. The van der Waals surface area contributed by atoms with E-state index in [1.54, 1.807) is 6.07 Å². The molecule has 0 bridgehead atoms. The van der Waals surface area contributed by atoms with E-state index in [0.29, 0.717) is 12.0 Å². The van der Waals surface area contributed by atoms with E-state index < -0.39 is 0 Å². The number of halogens is 1. The van der Waals surface area contributed by atoms with Crippen molar-refractivity contribution >= 4 is 5.82 Å². The Morgan fingerprint density at radius 2 is 1.93 bits per heavy atom. The van der Waals surface area contributed by atoms with Gasteiger partial charge in [-0.25, -0.2) is 9.37 Å². The molecule has 1 N–H and O–H groups in total. The molecule has 1 aliphatic rings. The Morgan fingerprint density at radius 3 is 2.79 bits per heavy atom. The van der Waals surface area contributed by atoms with Crippen molar-refractivity contribution in [2.75, 3.05) is 18.9 Å². The normalized spacial score (nSPS) is 17.0. The van der Waals surface area contributed by atoms with E-state index in [0.717, 1.165) is 43.1 Å². The van der Waals surface area contributed by atoms with E-state index in [1.165, 1.54) is 11.6 Å². The largest absolute Gasteiger partial charge is 0.373 e. The molecule has 3 heterocycles. The van der Waals surface area contributed by atoms with Crippen molar-refractivity contribution in [1.29, 1.82) is 0 Å². The molecule has 4 rings (SSSR count). The summed E-state index contributed by atoms with van der Waals surface area (Å²) in [5, 5.41) is 3.18. The molecular weight excluding hydrogens is 351 g/mol. The molecule has 1 atom stereocenters. The number of hydrogen-bond acceptors (Lipinski definition) is 4. The van der Waals surface area contributed by atoms with Gasteiger partial charge in [0.2, 0.25) is 0 Å². The lowest BCUT2D eigenvalue weighted by atomic mass is 10.1. The maximum atomic E-state index is 14.0. The van der Waals surface area contributed by atoms with Crippen LogP contribution < -0.4 is 5.32 Å². The Morgan fingerprint density at radius 1 is 1.07 bits per heavy atom. The van der Waals surface area contributed by atoms with Gasteiger partial charge in [0.25, 0.3) is 0 Å². The topological polar surface area (TPSA) is 41.1 Å². The lowest BCUT2D eigenvalue weighted by molar-refractivity contribution is 0.244. The molecule has 1 aromatic carbocycles. The molecule has 4 nitrogen and oxygen atoms in total. The van der Waals surface area contributed by atoms with Gasteiger partial charge >= 0.3 is 0 Å². The van der Waals surface area contributed by atoms with E-state index in [9.17, 15) is 4.39 Å². The fourth-order valence-corrected chi connectivity index (χ4v) is 3.98. The molecule has 2 aromatic heterocycles. The molecule has 1 aliphatic heterocycles. The van der Waals surface area contributed by atoms with Crippen LogP contribution in [0.1, 0.15) is 41.4 Å². The first-order chi connectivity index (χ1) is 13.7. The Balaban J connectivity index is 1.54. The van der Waals surface area contributed by atoms with E-state index in [1.807, 2.05) is 43.6 Å². The highest BCUT2D eigenvalue weighted by Gasteiger charge is 2.27. The van der Waals surface area contributed by atoms with Gasteiger partial charge in [0, 0.05) is 37.5 Å². The smallest absolute Gasteiger partial charge is 0.130 e. The third-order valence-electron chi connectivity index (χ3n) is 5.36. The van der Waals surface area contributed by atoms with Crippen LogP contribution in [0.25, 0.3) is 0 Å². The second kappa shape index (κ2) is 8.48. The molecule has 0 spiro atoms. The number of anilines is 1. The van der Waals surface area contributed by atoms with Gasteiger partial charge in [-0.3, -0.25) is 9.88 Å². The molecule has 0 amide bonds. The van der Waals surface area contributed by atoms with Crippen LogP contribution in [0.3, 0.4) is 0 Å². The number of hydrogen-bond donors (Lipinski definition) is 1. The third kappa shape index (κ3) is 4.04. The highest BCUT2D eigenvalue weighted by molar-refractivity contribution is 5.43. The molecule has 1 fully saturated rings. The van der Waals surface area contributed by atoms with Crippen molar-refractivity contribution in [3.05, 3.63) is 89.1 Å². The van der Waals surface area contributed by atoms with Gasteiger partial charge in [-0.15, -0.1) is 0 Å². The third-order valence-corrected chi connectivity index (χ3v) is 5.36. The minimum atomic E-state index is -0.173. The lowest BCUT2D eigenvalue weighted by Crippen LogP contribution is -2.24. The fraction of sp³-hybridized carbons (Fsp3) is 0.304. The van der Waals surface area contributed by atoms with Gasteiger partial charge in [-0.05, 0) is 49.2 Å². The number of aromatic nitrogens is 2. The minimum Gasteiger partial charge on any atom is -0.373 e. The maximum Gasteiger partial charge on any atom is 0.130 e. The Kier molecular flexibility index (Phi) is 5.63. The van der Waals surface area contributed by atoms with E-state index >= 15 is 0 Å². The van der Waals surface area contributed by atoms with Crippen molar-refractivity contribution < 1.29 is 4.39 Å². The zero-order valence-corrected chi connectivity index (χ0v) is 16.1. The fourth-order valence-electron chi connectivity index (χ4n) is 3.98. The summed E-state index contributed by atoms with van der Waals surface area (Å²) in [5.74, 6) is 0.753. The molecule has 0 saturated carbocycles. The van der Waals surface area contributed by atoms with Crippen LogP contribution in [-0.4, -0.2) is 28.5 Å². The summed E-state index contributed by atoms with van der Waals surface area (Å²) in [6.45, 7) is 1.88. The number of pyridine rings is 2. The number of benzene rings is 1. The van der Waals surface area contributed by atoms with Gasteiger partial charge in [0.15, 0.2) is 0 Å². The molecule has 144 valence electrons. The summed E-state index contributed by atoms with van der Waals surface area (Å²) >= 11 is 0. The molecule has 0 radical (unpaired) electrons. The highest BCUT2D eigenvalue weighted by atomic mass is 19.1. The standard InChI is InChI=1S/C23H25FN4/c1-25-23-18(8-5-13-26-23)16-28-14-6-12-22(28)21-11-4-9-19(27-21)15-17-7-2-3-10-20(17)24/h2-5,7-11,13,22H,6,12,14-16H2,1H3,(H,25,26)/t22-/m1/s1. The van der Waals surface area contributed by atoms with Crippen LogP contribution in [-0.2, 0) is 13.0 Å². The summed E-state index contributed by atoms with van der Waals surface area (Å²) in [4.78, 5) is 11.8. The van der Waals surface area contributed by atoms with Gasteiger partial charge in [0.1, 0.15) is 11.6 Å². The molecule has 0 aliphatic carbocycles. The number of likely N-dealkylation sites (tertiary alicyclic amines) is 1. The average molecular weight is 376 g/mol. The Labute approximate surface area is 165 Å². The van der Waals surface area contributed by atoms with Gasteiger partial charge in [0.05, 0.1) is 11.7 Å². The lowest BCUT2D eigenvalue weighted by Gasteiger charge is -2.25. The first-order valence-electron chi connectivity index (χ1n) is 9.79. The second-order valence-electron chi connectivity index (χ2n) is 7.21. The maximum absolute atomic E-state index is 14.0. The molecule has 28 heavy (non-hydrogen) atoms.